The summed E-state index contributed by atoms with van der Waals surface area (Å²) in [5.74, 6) is -0.000104. The van der Waals surface area contributed by atoms with Crippen molar-refractivity contribution in [2.24, 2.45) is 0 Å². The molecule has 3 amide bonds. The molecule has 25 heavy (non-hydrogen) atoms. The average molecular weight is 335 g/mol. The molecule has 0 unspecified atom stereocenters. The van der Waals surface area contributed by atoms with Crippen LogP contribution in [0, 0.1) is 0 Å². The first-order valence-corrected chi connectivity index (χ1v) is 8.67. The fraction of sp³-hybridized carbons (Fsp3) is 0.300. The first-order chi connectivity index (χ1) is 12.1. The highest BCUT2D eigenvalue weighted by Crippen LogP contribution is 2.33. The van der Waals surface area contributed by atoms with E-state index in [1.54, 1.807) is 0 Å². The highest BCUT2D eigenvalue weighted by Gasteiger charge is 2.31. The monoisotopic (exact) mass is 335 g/mol. The fourth-order valence-corrected chi connectivity index (χ4v) is 3.85. The van der Waals surface area contributed by atoms with Gasteiger partial charge in [-0.25, -0.2) is 4.79 Å². The minimum atomic E-state index is -0.0964. The normalized spacial score (nSPS) is 21.3. The summed E-state index contributed by atoms with van der Waals surface area (Å²) in [5.41, 5.74) is 4.11. The lowest BCUT2D eigenvalue weighted by molar-refractivity contribution is -0.116. The van der Waals surface area contributed by atoms with E-state index in [2.05, 4.69) is 23.6 Å². The zero-order chi connectivity index (χ0) is 17.4. The maximum absolute atomic E-state index is 12.8. The second-order valence-electron chi connectivity index (χ2n) is 6.77. The van der Waals surface area contributed by atoms with Crippen LogP contribution >= 0.6 is 0 Å². The molecular weight excluding hydrogens is 314 g/mol. The van der Waals surface area contributed by atoms with Crippen LogP contribution in [0.15, 0.2) is 48.5 Å². The zero-order valence-electron chi connectivity index (χ0n) is 14.2. The SMILES string of the molecule is C[C@H]1Cc2ccccc2N1C(=O)NC[C@H]1CC(=O)Nc2ccccc21. The Bertz CT molecular complexity index is 833. The summed E-state index contributed by atoms with van der Waals surface area (Å²) in [6, 6.07) is 15.8. The molecule has 5 nitrogen and oxygen atoms in total. The molecule has 0 aliphatic carbocycles. The maximum atomic E-state index is 12.8. The Morgan fingerprint density at radius 1 is 1.16 bits per heavy atom. The van der Waals surface area contributed by atoms with Crippen molar-refractivity contribution in [3.8, 4) is 0 Å². The van der Waals surface area contributed by atoms with Gasteiger partial charge in [0.25, 0.3) is 0 Å². The third-order valence-electron chi connectivity index (χ3n) is 5.03. The Morgan fingerprint density at radius 3 is 2.80 bits per heavy atom. The van der Waals surface area contributed by atoms with Gasteiger partial charge in [0.1, 0.15) is 0 Å². The van der Waals surface area contributed by atoms with Gasteiger partial charge in [-0.1, -0.05) is 36.4 Å². The fourth-order valence-electron chi connectivity index (χ4n) is 3.85. The molecule has 2 heterocycles. The Balaban J connectivity index is 1.49. The summed E-state index contributed by atoms with van der Waals surface area (Å²) < 4.78 is 0. The average Bonchev–Trinajstić information content (AvgIpc) is 2.95. The number of carbonyl (C=O) groups is 2. The lowest BCUT2D eigenvalue weighted by Crippen LogP contribution is -2.45. The highest BCUT2D eigenvalue weighted by molar-refractivity contribution is 5.96. The third-order valence-corrected chi connectivity index (χ3v) is 5.03. The van der Waals surface area contributed by atoms with Crippen LogP contribution in [-0.4, -0.2) is 24.5 Å². The molecule has 0 fully saturated rings. The minimum Gasteiger partial charge on any atom is -0.337 e. The van der Waals surface area contributed by atoms with E-state index in [1.807, 2.05) is 47.4 Å². The summed E-state index contributed by atoms with van der Waals surface area (Å²) in [5, 5.41) is 5.92. The van der Waals surface area contributed by atoms with Gasteiger partial charge in [-0.15, -0.1) is 0 Å². The molecule has 2 atom stereocenters. The van der Waals surface area contributed by atoms with Gasteiger partial charge in [0.05, 0.1) is 0 Å². The van der Waals surface area contributed by atoms with Gasteiger partial charge >= 0.3 is 6.03 Å². The second-order valence-corrected chi connectivity index (χ2v) is 6.77. The molecule has 0 spiro atoms. The van der Waals surface area contributed by atoms with E-state index in [-0.39, 0.29) is 23.9 Å². The van der Waals surface area contributed by atoms with Gasteiger partial charge in [-0.3, -0.25) is 9.69 Å². The number of para-hydroxylation sites is 2. The number of hydrogen-bond donors (Lipinski definition) is 2. The Labute approximate surface area is 147 Å². The van der Waals surface area contributed by atoms with Crippen LogP contribution in [0.4, 0.5) is 16.2 Å². The first-order valence-electron chi connectivity index (χ1n) is 8.67. The number of rotatable bonds is 2. The molecule has 4 rings (SSSR count). The number of amides is 3. The van der Waals surface area contributed by atoms with Crippen LogP contribution in [0.1, 0.15) is 30.4 Å². The standard InChI is InChI=1S/C20H21N3O2/c1-13-10-14-6-2-5-9-18(14)23(13)20(25)21-12-15-11-19(24)22-17-8-4-3-7-16(15)17/h2-9,13,15H,10-12H2,1H3,(H,21,25)(H,22,24)/t13-,15+/m0/s1. The van der Waals surface area contributed by atoms with Gasteiger partial charge in [-0.2, -0.15) is 0 Å². The number of nitrogens with one attached hydrogen (secondary N) is 2. The van der Waals surface area contributed by atoms with E-state index in [1.165, 1.54) is 5.56 Å². The quantitative estimate of drug-likeness (QED) is 0.885. The number of benzene rings is 2. The van der Waals surface area contributed by atoms with E-state index in [9.17, 15) is 9.59 Å². The summed E-state index contributed by atoms with van der Waals surface area (Å²) in [6.07, 6.45) is 1.27. The molecule has 0 saturated carbocycles. The molecule has 0 saturated heterocycles. The van der Waals surface area contributed by atoms with Crippen molar-refractivity contribution in [3.63, 3.8) is 0 Å². The summed E-state index contributed by atoms with van der Waals surface area (Å²) >= 11 is 0. The van der Waals surface area contributed by atoms with E-state index in [0.29, 0.717) is 13.0 Å². The Morgan fingerprint density at radius 2 is 1.92 bits per heavy atom. The van der Waals surface area contributed by atoms with Crippen LogP contribution in [0.25, 0.3) is 0 Å². The lowest BCUT2D eigenvalue weighted by Gasteiger charge is -2.28. The predicted molar refractivity (Wildman–Crippen MR) is 97.9 cm³/mol. The van der Waals surface area contributed by atoms with Gasteiger partial charge in [0, 0.05) is 36.3 Å². The summed E-state index contributed by atoms with van der Waals surface area (Å²) in [4.78, 5) is 26.5. The molecule has 128 valence electrons. The molecule has 5 heteroatoms. The smallest absolute Gasteiger partial charge is 0.322 e. The Hall–Kier alpha value is -2.82. The van der Waals surface area contributed by atoms with E-state index in [4.69, 9.17) is 0 Å². The lowest BCUT2D eigenvalue weighted by atomic mass is 9.90. The van der Waals surface area contributed by atoms with Crippen molar-refractivity contribution < 1.29 is 9.59 Å². The number of hydrogen-bond acceptors (Lipinski definition) is 2. The number of carbonyl (C=O) groups excluding carboxylic acids is 2. The predicted octanol–water partition coefficient (Wildman–Crippen LogP) is 3.27. The highest BCUT2D eigenvalue weighted by atomic mass is 16.2. The Kier molecular flexibility index (Phi) is 3.92. The zero-order valence-corrected chi connectivity index (χ0v) is 14.2. The molecule has 2 aliphatic heterocycles. The molecular formula is C20H21N3O2. The van der Waals surface area contributed by atoms with Crippen molar-refractivity contribution in [3.05, 3.63) is 59.7 Å². The van der Waals surface area contributed by atoms with Crippen molar-refractivity contribution in [2.45, 2.75) is 31.7 Å². The largest absolute Gasteiger partial charge is 0.337 e. The second kappa shape index (κ2) is 6.24. The van der Waals surface area contributed by atoms with E-state index >= 15 is 0 Å². The van der Waals surface area contributed by atoms with E-state index in [0.717, 1.165) is 23.4 Å². The minimum absolute atomic E-state index is 0.00190. The number of anilines is 2. The van der Waals surface area contributed by atoms with Crippen LogP contribution < -0.4 is 15.5 Å². The summed E-state index contributed by atoms with van der Waals surface area (Å²) in [6.45, 7) is 2.51. The number of nitrogens with zero attached hydrogens (tertiary/aromatic N) is 1. The van der Waals surface area contributed by atoms with Gasteiger partial charge in [0.2, 0.25) is 5.91 Å². The number of fused-ring (bicyclic) bond motifs is 2. The summed E-state index contributed by atoms with van der Waals surface area (Å²) in [7, 11) is 0. The molecule has 0 bridgehead atoms. The molecule has 2 N–H and O–H groups in total. The van der Waals surface area contributed by atoms with Crippen molar-refractivity contribution in [1.29, 1.82) is 0 Å². The topological polar surface area (TPSA) is 61.4 Å². The molecule has 2 aromatic carbocycles. The maximum Gasteiger partial charge on any atom is 0.322 e. The first kappa shape index (κ1) is 15.7. The van der Waals surface area contributed by atoms with E-state index < -0.39 is 0 Å². The molecule has 2 aromatic rings. The van der Waals surface area contributed by atoms with Crippen LogP contribution in [0.2, 0.25) is 0 Å². The van der Waals surface area contributed by atoms with Crippen LogP contribution in [0.3, 0.4) is 0 Å². The van der Waals surface area contributed by atoms with Gasteiger partial charge < -0.3 is 10.6 Å². The van der Waals surface area contributed by atoms with Crippen LogP contribution in [0.5, 0.6) is 0 Å². The van der Waals surface area contributed by atoms with Crippen LogP contribution in [-0.2, 0) is 11.2 Å². The van der Waals surface area contributed by atoms with Gasteiger partial charge in [-0.05, 0) is 36.6 Å². The van der Waals surface area contributed by atoms with Crippen molar-refractivity contribution in [2.75, 3.05) is 16.8 Å². The van der Waals surface area contributed by atoms with Crippen molar-refractivity contribution >= 4 is 23.3 Å². The number of urea groups is 1. The molecule has 0 aromatic heterocycles. The third kappa shape index (κ3) is 2.86. The molecule has 0 radical (unpaired) electrons. The van der Waals surface area contributed by atoms with Gasteiger partial charge in [0.15, 0.2) is 0 Å². The molecule has 2 aliphatic rings. The van der Waals surface area contributed by atoms with Crippen molar-refractivity contribution in [1.82, 2.24) is 5.32 Å².